The van der Waals surface area contributed by atoms with E-state index in [0.717, 1.165) is 56.8 Å². The van der Waals surface area contributed by atoms with Crippen molar-refractivity contribution in [3.8, 4) is 0 Å². The first kappa shape index (κ1) is 27.0. The highest BCUT2D eigenvalue weighted by atomic mass is 16.4. The molecule has 3 unspecified atom stereocenters. The Labute approximate surface area is 185 Å². The molecule has 1 rings (SSSR count). The molecule has 0 heterocycles. The van der Waals surface area contributed by atoms with Gasteiger partial charge in [0.25, 0.3) is 0 Å². The van der Waals surface area contributed by atoms with Crippen LogP contribution in [-0.4, -0.2) is 22.2 Å². The summed E-state index contributed by atoms with van der Waals surface area (Å²) in [4.78, 5) is 24.5. The molecule has 0 radical (unpaired) electrons. The SMILES string of the molecule is CC(C)CCCCCCC1C(C(=O)O)CCCC1(CCCCCCC(C)C)C(=O)O. The predicted octanol–water partition coefficient (Wildman–Crippen LogP) is 7.55. The first-order chi connectivity index (χ1) is 14.2. The van der Waals surface area contributed by atoms with E-state index in [-0.39, 0.29) is 5.92 Å². The third-order valence-corrected chi connectivity index (χ3v) is 7.28. The van der Waals surface area contributed by atoms with E-state index >= 15 is 0 Å². The van der Waals surface area contributed by atoms with Gasteiger partial charge in [-0.25, -0.2) is 0 Å². The Morgan fingerprint density at radius 2 is 1.37 bits per heavy atom. The molecule has 4 nitrogen and oxygen atoms in total. The molecular weight excluding hydrogens is 376 g/mol. The van der Waals surface area contributed by atoms with Gasteiger partial charge in [0.15, 0.2) is 0 Å². The van der Waals surface area contributed by atoms with Gasteiger partial charge in [-0.1, -0.05) is 98.3 Å². The van der Waals surface area contributed by atoms with Crippen molar-refractivity contribution in [3.63, 3.8) is 0 Å². The highest BCUT2D eigenvalue weighted by Gasteiger charge is 2.52. The molecule has 1 saturated carbocycles. The zero-order valence-electron chi connectivity index (χ0n) is 20.1. The molecule has 3 atom stereocenters. The molecule has 4 heteroatoms. The Hall–Kier alpha value is -1.06. The van der Waals surface area contributed by atoms with Gasteiger partial charge in [0, 0.05) is 0 Å². The molecule has 0 amide bonds. The number of aliphatic carboxylic acids is 2. The average Bonchev–Trinajstić information content (AvgIpc) is 2.66. The Morgan fingerprint density at radius 3 is 1.87 bits per heavy atom. The van der Waals surface area contributed by atoms with Crippen molar-refractivity contribution in [1.29, 1.82) is 0 Å². The van der Waals surface area contributed by atoms with E-state index in [9.17, 15) is 19.8 Å². The van der Waals surface area contributed by atoms with Crippen LogP contribution in [0.25, 0.3) is 0 Å². The predicted molar refractivity (Wildman–Crippen MR) is 124 cm³/mol. The summed E-state index contributed by atoms with van der Waals surface area (Å²) in [5.74, 6) is -0.814. The fourth-order valence-electron chi connectivity index (χ4n) is 5.48. The summed E-state index contributed by atoms with van der Waals surface area (Å²) in [6, 6.07) is 0. The van der Waals surface area contributed by atoms with Crippen LogP contribution in [0.2, 0.25) is 0 Å². The fourth-order valence-corrected chi connectivity index (χ4v) is 5.48. The molecule has 1 aliphatic carbocycles. The minimum atomic E-state index is -0.836. The summed E-state index contributed by atoms with van der Waals surface area (Å²) in [7, 11) is 0. The Morgan fingerprint density at radius 1 is 0.833 bits per heavy atom. The summed E-state index contributed by atoms with van der Waals surface area (Å²) in [6.45, 7) is 8.95. The maximum absolute atomic E-state index is 12.5. The first-order valence-electron chi connectivity index (χ1n) is 12.7. The van der Waals surface area contributed by atoms with Crippen LogP contribution in [0.3, 0.4) is 0 Å². The number of carboxylic acid groups (broad SMARTS) is 2. The van der Waals surface area contributed by atoms with Crippen molar-refractivity contribution >= 4 is 11.9 Å². The van der Waals surface area contributed by atoms with Gasteiger partial charge < -0.3 is 10.2 Å². The lowest BCUT2D eigenvalue weighted by Crippen LogP contribution is -2.47. The number of rotatable bonds is 16. The second-order valence-electron chi connectivity index (χ2n) is 10.6. The van der Waals surface area contributed by atoms with E-state index in [0.29, 0.717) is 19.3 Å². The quantitative estimate of drug-likeness (QED) is 0.251. The maximum Gasteiger partial charge on any atom is 0.309 e. The highest BCUT2D eigenvalue weighted by molar-refractivity contribution is 5.78. The average molecular weight is 425 g/mol. The molecule has 0 aromatic heterocycles. The first-order valence-corrected chi connectivity index (χ1v) is 12.7. The lowest BCUT2D eigenvalue weighted by Gasteiger charge is -2.44. The summed E-state index contributed by atoms with van der Waals surface area (Å²) in [5, 5.41) is 20.1. The zero-order valence-corrected chi connectivity index (χ0v) is 20.1. The van der Waals surface area contributed by atoms with Gasteiger partial charge in [0.2, 0.25) is 0 Å². The fraction of sp³-hybridized carbons (Fsp3) is 0.923. The molecule has 0 saturated heterocycles. The number of hydrogen-bond acceptors (Lipinski definition) is 2. The Bertz CT molecular complexity index is 499. The minimum Gasteiger partial charge on any atom is -0.481 e. The van der Waals surface area contributed by atoms with E-state index in [1.165, 1.54) is 32.1 Å². The second kappa shape index (κ2) is 14.1. The smallest absolute Gasteiger partial charge is 0.309 e. The molecule has 0 aliphatic heterocycles. The van der Waals surface area contributed by atoms with Gasteiger partial charge >= 0.3 is 11.9 Å². The Kier molecular flexibility index (Phi) is 12.7. The third kappa shape index (κ3) is 8.98. The van der Waals surface area contributed by atoms with Crippen molar-refractivity contribution in [2.45, 2.75) is 124 Å². The molecule has 1 fully saturated rings. The van der Waals surface area contributed by atoms with Crippen LogP contribution in [-0.2, 0) is 9.59 Å². The third-order valence-electron chi connectivity index (χ3n) is 7.28. The van der Waals surface area contributed by atoms with Crippen molar-refractivity contribution in [1.82, 2.24) is 0 Å². The van der Waals surface area contributed by atoms with E-state index in [1.54, 1.807) is 0 Å². The molecule has 2 N–H and O–H groups in total. The van der Waals surface area contributed by atoms with E-state index < -0.39 is 23.3 Å². The number of hydrogen-bond donors (Lipinski definition) is 2. The minimum absolute atomic E-state index is 0.220. The van der Waals surface area contributed by atoms with Crippen LogP contribution < -0.4 is 0 Å². The number of unbranched alkanes of at least 4 members (excludes halogenated alkanes) is 6. The van der Waals surface area contributed by atoms with Crippen molar-refractivity contribution in [3.05, 3.63) is 0 Å². The summed E-state index contributed by atoms with van der Waals surface area (Å²) in [5.41, 5.74) is -0.836. The van der Waals surface area contributed by atoms with Crippen molar-refractivity contribution in [2.24, 2.45) is 29.1 Å². The molecule has 1 aliphatic rings. The number of carboxylic acids is 2. The molecule has 176 valence electrons. The molecule has 0 aromatic carbocycles. The topological polar surface area (TPSA) is 74.6 Å². The molecule has 0 bridgehead atoms. The van der Waals surface area contributed by atoms with Crippen LogP contribution in [0.15, 0.2) is 0 Å². The van der Waals surface area contributed by atoms with E-state index in [1.807, 2.05) is 0 Å². The summed E-state index contributed by atoms with van der Waals surface area (Å²) >= 11 is 0. The van der Waals surface area contributed by atoms with Crippen LogP contribution >= 0.6 is 0 Å². The lowest BCUT2D eigenvalue weighted by atomic mass is 9.58. The maximum atomic E-state index is 12.5. The summed E-state index contributed by atoms with van der Waals surface area (Å²) in [6.07, 6.45) is 14.6. The number of carbonyl (C=O) groups is 2. The van der Waals surface area contributed by atoms with Crippen LogP contribution in [0.5, 0.6) is 0 Å². The van der Waals surface area contributed by atoms with Crippen LogP contribution in [0.1, 0.15) is 124 Å². The van der Waals surface area contributed by atoms with Gasteiger partial charge in [-0.05, 0) is 43.4 Å². The second-order valence-corrected chi connectivity index (χ2v) is 10.6. The molecular formula is C26H48O4. The van der Waals surface area contributed by atoms with Crippen LogP contribution in [0.4, 0.5) is 0 Å². The molecule has 0 aromatic rings. The van der Waals surface area contributed by atoms with E-state index in [4.69, 9.17) is 0 Å². The largest absolute Gasteiger partial charge is 0.481 e. The zero-order chi connectivity index (χ0) is 22.6. The van der Waals surface area contributed by atoms with Gasteiger partial charge in [-0.3, -0.25) is 9.59 Å². The van der Waals surface area contributed by atoms with Gasteiger partial charge in [-0.15, -0.1) is 0 Å². The monoisotopic (exact) mass is 424 g/mol. The molecule has 0 spiro atoms. The highest BCUT2D eigenvalue weighted by Crippen LogP contribution is 2.50. The normalized spacial score (nSPS) is 24.5. The van der Waals surface area contributed by atoms with Crippen molar-refractivity contribution in [2.75, 3.05) is 0 Å². The van der Waals surface area contributed by atoms with Gasteiger partial charge in [0.05, 0.1) is 11.3 Å². The molecule has 30 heavy (non-hydrogen) atoms. The van der Waals surface area contributed by atoms with E-state index in [2.05, 4.69) is 27.7 Å². The lowest BCUT2D eigenvalue weighted by molar-refractivity contribution is -0.164. The summed E-state index contributed by atoms with van der Waals surface area (Å²) < 4.78 is 0. The van der Waals surface area contributed by atoms with Gasteiger partial charge in [0.1, 0.15) is 0 Å². The Balaban J connectivity index is 2.70. The van der Waals surface area contributed by atoms with Crippen LogP contribution in [0, 0.1) is 29.1 Å². The standard InChI is InChI=1S/C26H48O4/c1-20(2)14-9-5-6-11-17-23-22(24(27)28)16-13-19-26(23,25(29)30)18-12-8-7-10-15-21(3)4/h20-23H,5-19H2,1-4H3,(H,27,28)(H,29,30). The van der Waals surface area contributed by atoms with Gasteiger partial charge in [-0.2, -0.15) is 0 Å². The van der Waals surface area contributed by atoms with Crippen molar-refractivity contribution < 1.29 is 19.8 Å².